The van der Waals surface area contributed by atoms with Crippen molar-refractivity contribution in [2.75, 3.05) is 0 Å². The van der Waals surface area contributed by atoms with Gasteiger partial charge >= 0.3 is 5.69 Å². The highest BCUT2D eigenvalue weighted by atomic mass is 16.2. The fourth-order valence-electron chi connectivity index (χ4n) is 2.08. The molecule has 0 atom stereocenters. The zero-order chi connectivity index (χ0) is 14.3. The Morgan fingerprint density at radius 1 is 1.25 bits per heavy atom. The van der Waals surface area contributed by atoms with Crippen LogP contribution in [0.15, 0.2) is 27.9 Å². The van der Waals surface area contributed by atoms with Crippen molar-refractivity contribution in [1.82, 2.24) is 24.5 Å². The van der Waals surface area contributed by atoms with E-state index in [1.54, 1.807) is 6.20 Å². The molecule has 0 bridgehead atoms. The lowest BCUT2D eigenvalue weighted by atomic mass is 10.2. The first-order valence-corrected chi connectivity index (χ1v) is 6.26. The second-order valence-electron chi connectivity index (χ2n) is 4.48. The fraction of sp³-hybridized carbons (Fsp3) is 0.231. The molecule has 0 amide bonds. The molecule has 0 aliphatic carbocycles. The Bertz CT molecular complexity index is 886. The van der Waals surface area contributed by atoms with Gasteiger partial charge in [-0.3, -0.25) is 19.3 Å². The number of aryl methyl sites for hydroxylation is 2. The van der Waals surface area contributed by atoms with Crippen molar-refractivity contribution in [2.45, 2.75) is 20.4 Å². The van der Waals surface area contributed by atoms with E-state index in [2.05, 4.69) is 19.9 Å². The standard InChI is InChI=1S/C13H13N5O2/c1-3-18-11-9(12(19)17-13(18)20)15-10(16-11)8-5-4-7(2)14-6-8/h4-6H,3H2,1-2H3,(H,15,16)(H,17,19,20). The van der Waals surface area contributed by atoms with E-state index < -0.39 is 11.2 Å². The molecule has 7 heteroatoms. The quantitative estimate of drug-likeness (QED) is 0.720. The smallest absolute Gasteiger partial charge is 0.330 e. The second-order valence-corrected chi connectivity index (χ2v) is 4.48. The van der Waals surface area contributed by atoms with E-state index in [-0.39, 0.29) is 0 Å². The minimum atomic E-state index is -0.464. The molecule has 0 radical (unpaired) electrons. The lowest BCUT2D eigenvalue weighted by Gasteiger charge is -1.99. The maximum atomic E-state index is 11.8. The van der Waals surface area contributed by atoms with E-state index in [0.29, 0.717) is 23.5 Å². The van der Waals surface area contributed by atoms with Gasteiger partial charge in [-0.25, -0.2) is 9.78 Å². The van der Waals surface area contributed by atoms with Crippen LogP contribution in [0.25, 0.3) is 22.6 Å². The van der Waals surface area contributed by atoms with Crippen LogP contribution >= 0.6 is 0 Å². The van der Waals surface area contributed by atoms with E-state index in [1.807, 2.05) is 26.0 Å². The van der Waals surface area contributed by atoms with Gasteiger partial charge in [0.05, 0.1) is 0 Å². The van der Waals surface area contributed by atoms with Crippen molar-refractivity contribution >= 4 is 11.2 Å². The maximum absolute atomic E-state index is 11.8. The minimum absolute atomic E-state index is 0.294. The first kappa shape index (κ1) is 12.3. The largest absolute Gasteiger partial charge is 0.332 e. The third-order valence-corrected chi connectivity index (χ3v) is 3.13. The van der Waals surface area contributed by atoms with Gasteiger partial charge in [0.2, 0.25) is 0 Å². The van der Waals surface area contributed by atoms with Gasteiger partial charge in [-0.1, -0.05) is 0 Å². The van der Waals surface area contributed by atoms with Crippen molar-refractivity contribution in [3.8, 4) is 11.4 Å². The Labute approximate surface area is 113 Å². The number of rotatable bonds is 2. The first-order valence-electron chi connectivity index (χ1n) is 6.26. The predicted octanol–water partition coefficient (Wildman–Crippen LogP) is 0.803. The summed E-state index contributed by atoms with van der Waals surface area (Å²) in [6, 6.07) is 3.72. The van der Waals surface area contributed by atoms with Crippen LogP contribution < -0.4 is 11.2 Å². The summed E-state index contributed by atoms with van der Waals surface area (Å²) >= 11 is 0. The van der Waals surface area contributed by atoms with Crippen molar-refractivity contribution in [3.63, 3.8) is 0 Å². The zero-order valence-electron chi connectivity index (χ0n) is 11.1. The molecule has 102 valence electrons. The van der Waals surface area contributed by atoms with E-state index >= 15 is 0 Å². The number of aromatic nitrogens is 5. The summed E-state index contributed by atoms with van der Waals surface area (Å²) in [4.78, 5) is 37.3. The average molecular weight is 271 g/mol. The summed E-state index contributed by atoms with van der Waals surface area (Å²) in [6.07, 6.45) is 1.68. The van der Waals surface area contributed by atoms with Crippen LogP contribution in [0.1, 0.15) is 12.6 Å². The van der Waals surface area contributed by atoms with E-state index in [9.17, 15) is 9.59 Å². The van der Waals surface area contributed by atoms with Gasteiger partial charge in [-0.15, -0.1) is 0 Å². The van der Waals surface area contributed by atoms with Crippen LogP contribution in [-0.4, -0.2) is 24.5 Å². The summed E-state index contributed by atoms with van der Waals surface area (Å²) in [5.74, 6) is 0.519. The molecule has 3 aromatic rings. The van der Waals surface area contributed by atoms with Crippen molar-refractivity contribution in [2.24, 2.45) is 0 Å². The number of fused-ring (bicyclic) bond motifs is 1. The predicted molar refractivity (Wildman–Crippen MR) is 74.6 cm³/mol. The minimum Gasteiger partial charge on any atom is -0.332 e. The van der Waals surface area contributed by atoms with Gasteiger partial charge in [0.1, 0.15) is 11.3 Å². The number of hydrogen-bond acceptors (Lipinski definition) is 4. The molecule has 0 aliphatic rings. The maximum Gasteiger partial charge on any atom is 0.330 e. The molecule has 0 aliphatic heterocycles. The Morgan fingerprint density at radius 2 is 2.05 bits per heavy atom. The summed E-state index contributed by atoms with van der Waals surface area (Å²) in [7, 11) is 0. The lowest BCUT2D eigenvalue weighted by Crippen LogP contribution is -2.29. The zero-order valence-corrected chi connectivity index (χ0v) is 11.1. The monoisotopic (exact) mass is 271 g/mol. The molecule has 3 rings (SSSR count). The number of nitrogens with one attached hydrogen (secondary N) is 2. The van der Waals surface area contributed by atoms with Gasteiger partial charge in [0.15, 0.2) is 5.65 Å². The molecular formula is C13H13N5O2. The van der Waals surface area contributed by atoms with Crippen molar-refractivity contribution in [3.05, 3.63) is 44.9 Å². The number of pyridine rings is 1. The van der Waals surface area contributed by atoms with Gasteiger partial charge < -0.3 is 4.98 Å². The Balaban J connectivity index is 2.30. The number of nitrogens with zero attached hydrogens (tertiary/aromatic N) is 3. The fourth-order valence-corrected chi connectivity index (χ4v) is 2.08. The number of aromatic amines is 2. The highest BCUT2D eigenvalue weighted by Gasteiger charge is 2.13. The first-order chi connectivity index (χ1) is 9.60. The van der Waals surface area contributed by atoms with E-state index in [0.717, 1.165) is 11.3 Å². The highest BCUT2D eigenvalue weighted by molar-refractivity contribution is 5.75. The van der Waals surface area contributed by atoms with Gasteiger partial charge in [0, 0.05) is 24.0 Å². The van der Waals surface area contributed by atoms with Crippen LogP contribution in [0, 0.1) is 6.92 Å². The third kappa shape index (κ3) is 1.83. The molecule has 0 spiro atoms. The summed E-state index contributed by atoms with van der Waals surface area (Å²) < 4.78 is 1.42. The topological polar surface area (TPSA) is 96.4 Å². The molecule has 7 nitrogen and oxygen atoms in total. The molecule has 0 aromatic carbocycles. The second kappa shape index (κ2) is 4.44. The SMILES string of the molecule is CCn1c(=O)[nH]c(=O)c2[nH]c(-c3ccc(C)nc3)nc21. The molecule has 0 saturated heterocycles. The highest BCUT2D eigenvalue weighted by Crippen LogP contribution is 2.17. The summed E-state index contributed by atoms with van der Waals surface area (Å²) in [5, 5.41) is 0. The number of H-pyrrole nitrogens is 2. The third-order valence-electron chi connectivity index (χ3n) is 3.13. The molecule has 20 heavy (non-hydrogen) atoms. The molecule has 0 fully saturated rings. The van der Waals surface area contributed by atoms with Crippen LogP contribution in [0.5, 0.6) is 0 Å². The van der Waals surface area contributed by atoms with Crippen LogP contribution in [0.3, 0.4) is 0 Å². The molecule has 0 unspecified atom stereocenters. The molecule has 3 aromatic heterocycles. The van der Waals surface area contributed by atoms with E-state index in [1.165, 1.54) is 4.57 Å². The average Bonchev–Trinajstić information content (AvgIpc) is 2.85. The van der Waals surface area contributed by atoms with Gasteiger partial charge in [-0.2, -0.15) is 0 Å². The Kier molecular flexibility index (Phi) is 2.74. The van der Waals surface area contributed by atoms with Crippen LogP contribution in [0.2, 0.25) is 0 Å². The molecule has 2 N–H and O–H groups in total. The lowest BCUT2D eigenvalue weighted by molar-refractivity contribution is 0.720. The van der Waals surface area contributed by atoms with Crippen LogP contribution in [0.4, 0.5) is 0 Å². The molecule has 0 saturated carbocycles. The Morgan fingerprint density at radius 3 is 2.70 bits per heavy atom. The van der Waals surface area contributed by atoms with Crippen LogP contribution in [-0.2, 0) is 6.54 Å². The summed E-state index contributed by atoms with van der Waals surface area (Å²) in [5.41, 5.74) is 1.40. The molecular weight excluding hydrogens is 258 g/mol. The van der Waals surface area contributed by atoms with Crippen molar-refractivity contribution in [1.29, 1.82) is 0 Å². The summed E-state index contributed by atoms with van der Waals surface area (Å²) in [6.45, 7) is 4.14. The van der Waals surface area contributed by atoms with Gasteiger partial charge in [-0.05, 0) is 26.0 Å². The molecule has 3 heterocycles. The normalized spacial score (nSPS) is 11.1. The number of imidazole rings is 1. The number of hydrogen-bond donors (Lipinski definition) is 2. The van der Waals surface area contributed by atoms with Crippen molar-refractivity contribution < 1.29 is 0 Å². The Hall–Kier alpha value is -2.70. The van der Waals surface area contributed by atoms with E-state index in [4.69, 9.17) is 0 Å². The van der Waals surface area contributed by atoms with Gasteiger partial charge in [0.25, 0.3) is 5.56 Å².